The van der Waals surface area contributed by atoms with Crippen molar-refractivity contribution >= 4 is 5.91 Å². The van der Waals surface area contributed by atoms with Gasteiger partial charge in [0.05, 0.1) is 22.9 Å². The summed E-state index contributed by atoms with van der Waals surface area (Å²) in [5.41, 5.74) is 4.19. The molecule has 10 heteroatoms. The number of aromatic nitrogens is 2. The van der Waals surface area contributed by atoms with E-state index in [2.05, 4.69) is 15.0 Å². The molecule has 0 radical (unpaired) electrons. The molecule has 1 aliphatic rings. The first-order chi connectivity index (χ1) is 17.7. The number of ether oxygens (including phenoxy) is 1. The maximum Gasteiger partial charge on any atom is 0.573 e. The molecule has 2 aromatic carbocycles. The molecule has 4 aromatic rings. The van der Waals surface area contributed by atoms with Gasteiger partial charge in [-0.15, -0.1) is 13.2 Å². The van der Waals surface area contributed by atoms with E-state index in [-0.39, 0.29) is 23.8 Å². The molecule has 1 amide bonds. The molecular formula is C27H18F4N4O2. The molecule has 6 nitrogen and oxygen atoms in total. The van der Waals surface area contributed by atoms with E-state index in [0.29, 0.717) is 52.2 Å². The SMILES string of the molecule is N#Cc1cc(F)ccc1Cn1c2c(c(-c3ccc(OC(F)(F)F)cc3)c1-c1ccncc1)C(=O)NCC2. The molecule has 0 unspecified atom stereocenters. The van der Waals surface area contributed by atoms with Gasteiger partial charge < -0.3 is 14.6 Å². The number of fused-ring (bicyclic) bond motifs is 1. The number of rotatable bonds is 5. The third kappa shape index (κ3) is 4.76. The molecule has 0 aliphatic carbocycles. The molecule has 0 saturated heterocycles. The second-order valence-electron chi connectivity index (χ2n) is 8.36. The van der Waals surface area contributed by atoms with Crippen molar-refractivity contribution in [3.05, 3.63) is 95.2 Å². The van der Waals surface area contributed by atoms with Gasteiger partial charge in [-0.05, 0) is 47.5 Å². The van der Waals surface area contributed by atoms with E-state index in [4.69, 9.17) is 0 Å². The van der Waals surface area contributed by atoms with Crippen LogP contribution in [0, 0.1) is 17.1 Å². The number of nitrogens with one attached hydrogen (secondary N) is 1. The van der Waals surface area contributed by atoms with Crippen LogP contribution >= 0.6 is 0 Å². The van der Waals surface area contributed by atoms with Gasteiger partial charge in [-0.3, -0.25) is 9.78 Å². The number of carbonyl (C=O) groups is 1. The van der Waals surface area contributed by atoms with Gasteiger partial charge in [0.25, 0.3) is 5.91 Å². The maximum atomic E-state index is 13.8. The predicted octanol–water partition coefficient (Wildman–Crippen LogP) is 5.46. The Kier molecular flexibility index (Phi) is 6.13. The highest BCUT2D eigenvalue weighted by molar-refractivity contribution is 6.07. The molecule has 0 fully saturated rings. The zero-order valence-corrected chi connectivity index (χ0v) is 19.1. The summed E-state index contributed by atoms with van der Waals surface area (Å²) in [6.07, 6.45) is -1.17. The quantitative estimate of drug-likeness (QED) is 0.365. The predicted molar refractivity (Wildman–Crippen MR) is 126 cm³/mol. The zero-order chi connectivity index (χ0) is 26.2. The minimum Gasteiger partial charge on any atom is -0.406 e. The van der Waals surface area contributed by atoms with Crippen LogP contribution in [0.1, 0.15) is 27.2 Å². The van der Waals surface area contributed by atoms with Crippen molar-refractivity contribution in [3.8, 4) is 34.2 Å². The van der Waals surface area contributed by atoms with Crippen molar-refractivity contribution < 1.29 is 27.1 Å². The Balaban J connectivity index is 1.75. The molecule has 37 heavy (non-hydrogen) atoms. The van der Waals surface area contributed by atoms with E-state index in [0.717, 1.165) is 6.07 Å². The number of pyridine rings is 1. The van der Waals surface area contributed by atoms with Gasteiger partial charge in [0.2, 0.25) is 0 Å². The van der Waals surface area contributed by atoms with Crippen molar-refractivity contribution in [2.75, 3.05) is 6.54 Å². The van der Waals surface area contributed by atoms with Crippen molar-refractivity contribution in [2.45, 2.75) is 19.3 Å². The normalized spacial score (nSPS) is 13.0. The minimum absolute atomic E-state index is 0.165. The molecule has 1 N–H and O–H groups in total. The molecule has 0 saturated carbocycles. The second kappa shape index (κ2) is 9.43. The Morgan fingerprint density at radius 2 is 1.76 bits per heavy atom. The fourth-order valence-corrected chi connectivity index (χ4v) is 4.60. The molecule has 5 rings (SSSR count). The number of nitriles is 1. The van der Waals surface area contributed by atoms with Crippen LogP contribution in [0.15, 0.2) is 67.0 Å². The Morgan fingerprint density at radius 1 is 1.03 bits per heavy atom. The first kappa shape index (κ1) is 24.1. The lowest BCUT2D eigenvalue weighted by atomic mass is 9.95. The highest BCUT2D eigenvalue weighted by Gasteiger charge is 2.33. The third-order valence-electron chi connectivity index (χ3n) is 6.10. The van der Waals surface area contributed by atoms with Crippen LogP contribution in [-0.4, -0.2) is 28.4 Å². The fraction of sp³-hybridized carbons (Fsp3) is 0.148. The fourth-order valence-electron chi connectivity index (χ4n) is 4.60. The first-order valence-electron chi connectivity index (χ1n) is 11.2. The van der Waals surface area contributed by atoms with E-state index < -0.39 is 12.2 Å². The number of nitrogens with zero attached hydrogens (tertiary/aromatic N) is 3. The summed E-state index contributed by atoms with van der Waals surface area (Å²) in [4.78, 5) is 17.2. The van der Waals surface area contributed by atoms with Crippen molar-refractivity contribution in [1.29, 1.82) is 5.26 Å². The zero-order valence-electron chi connectivity index (χ0n) is 19.1. The van der Waals surface area contributed by atoms with Crippen molar-refractivity contribution in [3.63, 3.8) is 0 Å². The summed E-state index contributed by atoms with van der Waals surface area (Å²) in [6.45, 7) is 0.559. The summed E-state index contributed by atoms with van der Waals surface area (Å²) in [7, 11) is 0. The number of halogens is 4. The highest BCUT2D eigenvalue weighted by atomic mass is 19.4. The van der Waals surface area contributed by atoms with E-state index in [1.165, 1.54) is 36.4 Å². The van der Waals surface area contributed by atoms with E-state index >= 15 is 0 Å². The van der Waals surface area contributed by atoms with Gasteiger partial charge >= 0.3 is 6.36 Å². The van der Waals surface area contributed by atoms with Gasteiger partial charge in [0.15, 0.2) is 0 Å². The smallest absolute Gasteiger partial charge is 0.406 e. The molecule has 0 spiro atoms. The number of amides is 1. The number of benzene rings is 2. The second-order valence-corrected chi connectivity index (χ2v) is 8.36. The molecule has 0 bridgehead atoms. The van der Waals surface area contributed by atoms with Gasteiger partial charge in [-0.2, -0.15) is 5.26 Å². The van der Waals surface area contributed by atoms with Crippen LogP contribution in [0.5, 0.6) is 5.75 Å². The number of alkyl halides is 3. The highest BCUT2D eigenvalue weighted by Crippen LogP contribution is 2.41. The van der Waals surface area contributed by atoms with E-state index in [9.17, 15) is 27.6 Å². The lowest BCUT2D eigenvalue weighted by Crippen LogP contribution is -2.32. The summed E-state index contributed by atoms with van der Waals surface area (Å²) in [6, 6.07) is 14.8. The Morgan fingerprint density at radius 3 is 2.43 bits per heavy atom. The molecule has 2 aromatic heterocycles. The molecule has 1 aliphatic heterocycles. The topological polar surface area (TPSA) is 79.9 Å². The van der Waals surface area contributed by atoms with Crippen molar-refractivity contribution in [2.24, 2.45) is 0 Å². The van der Waals surface area contributed by atoms with Gasteiger partial charge in [0.1, 0.15) is 11.6 Å². The largest absolute Gasteiger partial charge is 0.573 e. The molecule has 3 heterocycles. The van der Waals surface area contributed by atoms with Crippen LogP contribution in [-0.2, 0) is 13.0 Å². The Bertz CT molecular complexity index is 1520. The average molecular weight is 506 g/mol. The number of carbonyl (C=O) groups excluding carboxylic acids is 1. The van der Waals surface area contributed by atoms with Gasteiger partial charge in [0, 0.05) is 48.7 Å². The minimum atomic E-state index is -4.83. The Hall–Kier alpha value is -4.65. The summed E-state index contributed by atoms with van der Waals surface area (Å²) in [5, 5.41) is 12.4. The number of hydrogen-bond acceptors (Lipinski definition) is 4. The summed E-state index contributed by atoms with van der Waals surface area (Å²) in [5.74, 6) is -1.24. The van der Waals surface area contributed by atoms with Crippen LogP contribution < -0.4 is 10.1 Å². The molecule has 0 atom stereocenters. The van der Waals surface area contributed by atoms with Crippen LogP contribution in [0.4, 0.5) is 17.6 Å². The van der Waals surface area contributed by atoms with Crippen LogP contribution in [0.3, 0.4) is 0 Å². The van der Waals surface area contributed by atoms with Gasteiger partial charge in [-0.25, -0.2) is 4.39 Å². The van der Waals surface area contributed by atoms with E-state index in [1.807, 2.05) is 10.6 Å². The third-order valence-corrected chi connectivity index (χ3v) is 6.10. The maximum absolute atomic E-state index is 13.8. The first-order valence-corrected chi connectivity index (χ1v) is 11.2. The lowest BCUT2D eigenvalue weighted by Gasteiger charge is -2.18. The summed E-state index contributed by atoms with van der Waals surface area (Å²) >= 11 is 0. The van der Waals surface area contributed by atoms with E-state index in [1.54, 1.807) is 24.5 Å². The summed E-state index contributed by atoms with van der Waals surface area (Å²) < 4.78 is 57.8. The van der Waals surface area contributed by atoms with Gasteiger partial charge in [-0.1, -0.05) is 18.2 Å². The lowest BCUT2D eigenvalue weighted by molar-refractivity contribution is -0.274. The number of hydrogen-bond donors (Lipinski definition) is 1. The monoisotopic (exact) mass is 506 g/mol. The standard InChI is InChI=1S/C27H18F4N4O2/c28-20-4-1-18(19(13-20)14-32)15-35-22-9-12-34-26(36)24(22)23(25(35)17-7-10-33-11-8-17)16-2-5-21(6-3-16)37-27(29,30)31/h1-8,10-11,13H,9,12,15H2,(H,34,36). The average Bonchev–Trinajstić information content (AvgIpc) is 3.20. The Labute approximate surface area is 208 Å². The van der Waals surface area contributed by atoms with Crippen LogP contribution in [0.25, 0.3) is 22.4 Å². The molecular weight excluding hydrogens is 488 g/mol. The van der Waals surface area contributed by atoms with Crippen LogP contribution in [0.2, 0.25) is 0 Å². The van der Waals surface area contributed by atoms with Crippen molar-refractivity contribution in [1.82, 2.24) is 14.9 Å². The molecule has 186 valence electrons.